The predicted molar refractivity (Wildman–Crippen MR) is 117 cm³/mol. The zero-order valence-corrected chi connectivity index (χ0v) is 17.6. The topological polar surface area (TPSA) is 72.2 Å². The van der Waals surface area contributed by atoms with Gasteiger partial charge in [-0.2, -0.15) is 4.98 Å². The Kier molecular flexibility index (Phi) is 5.77. The zero-order chi connectivity index (χ0) is 21.1. The Hall–Kier alpha value is -3.25. The van der Waals surface area contributed by atoms with Crippen LogP contribution < -0.4 is 5.32 Å². The third-order valence-corrected chi connectivity index (χ3v) is 5.25. The number of nitrogens with one attached hydrogen (secondary N) is 1. The Balaban J connectivity index is 1.52. The number of rotatable bonds is 6. The van der Waals surface area contributed by atoms with Gasteiger partial charge in [-0.25, -0.2) is 9.50 Å². The van der Waals surface area contributed by atoms with Gasteiger partial charge in [0.15, 0.2) is 5.82 Å². The Morgan fingerprint density at radius 3 is 2.57 bits per heavy atom. The van der Waals surface area contributed by atoms with Crippen LogP contribution in [0.4, 0.5) is 0 Å². The maximum absolute atomic E-state index is 12.3. The van der Waals surface area contributed by atoms with E-state index in [1.807, 2.05) is 68.4 Å². The molecule has 0 saturated heterocycles. The number of carbonyl (C=O) groups is 1. The summed E-state index contributed by atoms with van der Waals surface area (Å²) in [7, 11) is 0. The molecule has 1 N–H and O–H groups in total. The highest BCUT2D eigenvalue weighted by Gasteiger charge is 2.15. The van der Waals surface area contributed by atoms with Gasteiger partial charge in [0.2, 0.25) is 5.91 Å². The lowest BCUT2D eigenvalue weighted by Gasteiger charge is -2.10. The van der Waals surface area contributed by atoms with Gasteiger partial charge in [0, 0.05) is 29.4 Å². The molecule has 0 atom stereocenters. The van der Waals surface area contributed by atoms with Gasteiger partial charge < -0.3 is 5.32 Å². The second-order valence-electron chi connectivity index (χ2n) is 7.25. The number of fused-ring (bicyclic) bond motifs is 1. The summed E-state index contributed by atoms with van der Waals surface area (Å²) in [6.45, 7) is 4.44. The molecule has 0 unspecified atom stereocenters. The van der Waals surface area contributed by atoms with Crippen molar-refractivity contribution in [1.82, 2.24) is 24.9 Å². The molecule has 7 heteroatoms. The Labute approximate surface area is 179 Å². The lowest BCUT2D eigenvalue weighted by Crippen LogP contribution is -2.25. The van der Waals surface area contributed by atoms with Crippen molar-refractivity contribution in [3.05, 3.63) is 93.5 Å². The molecule has 0 radical (unpaired) electrons. The largest absolute Gasteiger partial charge is 0.352 e. The highest BCUT2D eigenvalue weighted by atomic mass is 35.5. The van der Waals surface area contributed by atoms with E-state index in [1.165, 1.54) is 0 Å². The molecule has 0 fully saturated rings. The molecule has 0 spiro atoms. The van der Waals surface area contributed by atoms with E-state index in [1.54, 1.807) is 4.52 Å². The molecule has 30 heavy (non-hydrogen) atoms. The van der Waals surface area contributed by atoms with E-state index in [2.05, 4.69) is 20.4 Å². The van der Waals surface area contributed by atoms with Gasteiger partial charge in [-0.05, 0) is 42.7 Å². The van der Waals surface area contributed by atoms with Crippen LogP contribution in [0.1, 0.15) is 33.9 Å². The van der Waals surface area contributed by atoms with Crippen molar-refractivity contribution in [3.8, 4) is 0 Å². The first-order valence-corrected chi connectivity index (χ1v) is 10.1. The van der Waals surface area contributed by atoms with E-state index in [0.717, 1.165) is 28.1 Å². The number of nitrogens with zero attached hydrogens (tertiary/aromatic N) is 4. The minimum atomic E-state index is -0.122. The highest BCUT2D eigenvalue weighted by molar-refractivity contribution is 6.30. The molecule has 0 aliphatic heterocycles. The van der Waals surface area contributed by atoms with Crippen molar-refractivity contribution >= 4 is 23.3 Å². The minimum Gasteiger partial charge on any atom is -0.352 e. The molecular weight excluding hydrogens is 398 g/mol. The van der Waals surface area contributed by atoms with Gasteiger partial charge in [0.1, 0.15) is 0 Å². The van der Waals surface area contributed by atoms with Crippen LogP contribution in [0, 0.1) is 13.8 Å². The molecule has 152 valence electrons. The van der Waals surface area contributed by atoms with Crippen LogP contribution in [-0.4, -0.2) is 25.5 Å². The van der Waals surface area contributed by atoms with Crippen molar-refractivity contribution in [2.75, 3.05) is 0 Å². The van der Waals surface area contributed by atoms with Crippen LogP contribution in [0.5, 0.6) is 0 Å². The molecule has 1 amide bonds. The maximum Gasteiger partial charge on any atom is 0.252 e. The number of carbonyl (C=O) groups excluding carboxylic acids is 1. The van der Waals surface area contributed by atoms with Crippen molar-refractivity contribution in [2.24, 2.45) is 0 Å². The summed E-state index contributed by atoms with van der Waals surface area (Å²) >= 11 is 6.12. The molecule has 2 heterocycles. The van der Waals surface area contributed by atoms with Gasteiger partial charge >= 0.3 is 0 Å². The summed E-state index contributed by atoms with van der Waals surface area (Å²) < 4.78 is 1.71. The van der Waals surface area contributed by atoms with Crippen molar-refractivity contribution in [2.45, 2.75) is 33.2 Å². The first-order valence-electron chi connectivity index (χ1n) is 9.76. The Morgan fingerprint density at radius 1 is 1.03 bits per heavy atom. The summed E-state index contributed by atoms with van der Waals surface area (Å²) in [5.74, 6) is 0.837. The number of hydrogen-bond acceptors (Lipinski definition) is 4. The second-order valence-corrected chi connectivity index (χ2v) is 7.68. The number of halogens is 1. The highest BCUT2D eigenvalue weighted by Crippen LogP contribution is 2.20. The van der Waals surface area contributed by atoms with E-state index in [-0.39, 0.29) is 12.3 Å². The molecule has 0 saturated carbocycles. The smallest absolute Gasteiger partial charge is 0.252 e. The predicted octanol–water partition coefficient (Wildman–Crippen LogP) is 3.84. The molecule has 4 aromatic rings. The number of aromatic nitrogens is 4. The average molecular weight is 420 g/mol. The maximum atomic E-state index is 12.3. The van der Waals surface area contributed by atoms with Crippen molar-refractivity contribution < 1.29 is 4.79 Å². The van der Waals surface area contributed by atoms with Crippen molar-refractivity contribution in [3.63, 3.8) is 0 Å². The molecule has 2 aromatic heterocycles. The standard InChI is InChI=1S/C23H22ClN5O/c1-15-20(12-18-9-6-10-19(24)11-18)16(2)29-23(26-15)27-21(28-29)13-22(30)25-14-17-7-4-3-5-8-17/h3-11H,12-14H2,1-2H3,(H,25,30). The van der Waals surface area contributed by atoms with E-state index >= 15 is 0 Å². The monoisotopic (exact) mass is 419 g/mol. The van der Waals surface area contributed by atoms with E-state index in [9.17, 15) is 4.79 Å². The summed E-state index contributed by atoms with van der Waals surface area (Å²) in [5.41, 5.74) is 5.09. The van der Waals surface area contributed by atoms with Gasteiger partial charge in [-0.15, -0.1) is 5.10 Å². The molecule has 0 aliphatic rings. The summed E-state index contributed by atoms with van der Waals surface area (Å²) in [5, 5.41) is 8.14. The van der Waals surface area contributed by atoms with Crippen LogP contribution in [-0.2, 0) is 24.2 Å². The summed E-state index contributed by atoms with van der Waals surface area (Å²) in [6.07, 6.45) is 0.812. The molecule has 2 aromatic carbocycles. The van der Waals surface area contributed by atoms with Gasteiger partial charge in [0.05, 0.1) is 6.42 Å². The number of benzene rings is 2. The summed E-state index contributed by atoms with van der Waals surface area (Å²) in [4.78, 5) is 21.4. The third-order valence-electron chi connectivity index (χ3n) is 5.01. The van der Waals surface area contributed by atoms with Crippen molar-refractivity contribution in [1.29, 1.82) is 0 Å². The fourth-order valence-electron chi connectivity index (χ4n) is 3.43. The van der Waals surface area contributed by atoms with Crippen LogP contribution in [0.25, 0.3) is 5.78 Å². The first-order chi connectivity index (χ1) is 14.5. The average Bonchev–Trinajstić information content (AvgIpc) is 3.13. The minimum absolute atomic E-state index is 0.109. The summed E-state index contributed by atoms with van der Waals surface area (Å²) in [6, 6.07) is 17.6. The molecular formula is C23H22ClN5O. The molecule has 0 bridgehead atoms. The normalized spacial score (nSPS) is 11.0. The SMILES string of the molecule is Cc1nc2nc(CC(=O)NCc3ccccc3)nn2c(C)c1Cc1cccc(Cl)c1. The van der Waals surface area contributed by atoms with Gasteiger partial charge in [-0.3, -0.25) is 4.79 Å². The molecule has 0 aliphatic carbocycles. The third kappa shape index (κ3) is 4.49. The van der Waals surface area contributed by atoms with Gasteiger partial charge in [0.25, 0.3) is 5.78 Å². The van der Waals surface area contributed by atoms with Crippen LogP contribution in [0.15, 0.2) is 54.6 Å². The number of hydrogen-bond donors (Lipinski definition) is 1. The van der Waals surface area contributed by atoms with Gasteiger partial charge in [-0.1, -0.05) is 54.1 Å². The number of aryl methyl sites for hydroxylation is 2. The van der Waals surface area contributed by atoms with Crippen LogP contribution in [0.2, 0.25) is 5.02 Å². The number of amides is 1. The lowest BCUT2D eigenvalue weighted by atomic mass is 10.0. The van der Waals surface area contributed by atoms with Crippen LogP contribution >= 0.6 is 11.6 Å². The fraction of sp³-hybridized carbons (Fsp3) is 0.217. The van der Waals surface area contributed by atoms with E-state index in [0.29, 0.717) is 29.6 Å². The molecule has 4 rings (SSSR count). The Bertz CT molecular complexity index is 1200. The quantitative estimate of drug-likeness (QED) is 0.515. The fourth-order valence-corrected chi connectivity index (χ4v) is 3.65. The van der Waals surface area contributed by atoms with E-state index < -0.39 is 0 Å². The molecule has 6 nitrogen and oxygen atoms in total. The van der Waals surface area contributed by atoms with E-state index in [4.69, 9.17) is 11.6 Å². The first kappa shape index (κ1) is 20.0. The zero-order valence-electron chi connectivity index (χ0n) is 16.9. The Morgan fingerprint density at radius 2 is 1.80 bits per heavy atom. The second kappa shape index (κ2) is 8.63. The van der Waals surface area contributed by atoms with Crippen LogP contribution in [0.3, 0.4) is 0 Å². The lowest BCUT2D eigenvalue weighted by molar-refractivity contribution is -0.120.